The zero-order valence-corrected chi connectivity index (χ0v) is 16.5. The molecular weight excluding hydrogens is 362 g/mol. The summed E-state index contributed by atoms with van der Waals surface area (Å²) in [6.45, 7) is 4.44. The normalized spacial score (nSPS) is 18.7. The Bertz CT molecular complexity index is 890. The van der Waals surface area contributed by atoms with Crippen LogP contribution in [-0.2, 0) is 11.3 Å². The second-order valence-electron chi connectivity index (χ2n) is 7.16. The number of rotatable bonds is 4. The van der Waals surface area contributed by atoms with Gasteiger partial charge in [-0.3, -0.25) is 4.79 Å². The van der Waals surface area contributed by atoms with Crippen LogP contribution >= 0.6 is 11.3 Å². The number of aryl methyl sites for hydroxylation is 1. The summed E-state index contributed by atoms with van der Waals surface area (Å²) in [7, 11) is 1.73. The van der Waals surface area contributed by atoms with Crippen molar-refractivity contribution < 1.29 is 14.3 Å². The van der Waals surface area contributed by atoms with Crippen LogP contribution in [0.25, 0.3) is 0 Å². The van der Waals surface area contributed by atoms with Gasteiger partial charge < -0.3 is 19.9 Å². The maximum Gasteiger partial charge on any atom is 0.322 e. The first-order chi connectivity index (χ1) is 12.9. The molecule has 1 aliphatic carbocycles. The van der Waals surface area contributed by atoms with Crippen LogP contribution in [0, 0.1) is 6.92 Å². The molecule has 1 N–H and O–H groups in total. The van der Waals surface area contributed by atoms with Crippen molar-refractivity contribution in [3.63, 3.8) is 0 Å². The zero-order valence-electron chi connectivity index (χ0n) is 15.7. The number of hydrogen-bond donors (Lipinski definition) is 1. The zero-order chi connectivity index (χ0) is 19.1. The second-order valence-corrected chi connectivity index (χ2v) is 8.16. The van der Waals surface area contributed by atoms with E-state index in [1.165, 1.54) is 10.4 Å². The molecule has 27 heavy (non-hydrogen) atoms. The summed E-state index contributed by atoms with van der Waals surface area (Å²) < 4.78 is 5.70. The number of anilines is 2. The molecule has 3 amide bonds. The van der Waals surface area contributed by atoms with E-state index in [1.807, 2.05) is 4.90 Å². The molecule has 1 aromatic heterocycles. The molecule has 2 aliphatic rings. The number of nitrogens with one attached hydrogen (secondary N) is 1. The van der Waals surface area contributed by atoms with Crippen LogP contribution in [0.4, 0.5) is 16.2 Å². The summed E-state index contributed by atoms with van der Waals surface area (Å²) in [5, 5.41) is 5.06. The minimum atomic E-state index is -0.529. The number of likely N-dealkylation sites (N-methyl/N-ethyl adjacent to an activating group) is 1. The monoisotopic (exact) mass is 385 g/mol. The van der Waals surface area contributed by atoms with Crippen molar-refractivity contribution in [2.45, 2.75) is 45.4 Å². The highest BCUT2D eigenvalue weighted by Crippen LogP contribution is 2.36. The summed E-state index contributed by atoms with van der Waals surface area (Å²) in [5.74, 6) is 0.528. The van der Waals surface area contributed by atoms with Gasteiger partial charge in [0.2, 0.25) is 0 Å². The van der Waals surface area contributed by atoms with Gasteiger partial charge in [0.05, 0.1) is 12.2 Å². The van der Waals surface area contributed by atoms with Crippen LogP contribution in [-0.4, -0.2) is 36.0 Å². The van der Waals surface area contributed by atoms with Crippen molar-refractivity contribution in [1.29, 1.82) is 0 Å². The summed E-state index contributed by atoms with van der Waals surface area (Å²) >= 11 is 1.69. The van der Waals surface area contributed by atoms with Gasteiger partial charge in [0, 0.05) is 29.7 Å². The smallest absolute Gasteiger partial charge is 0.322 e. The molecule has 7 heteroatoms. The molecule has 1 aliphatic heterocycles. The van der Waals surface area contributed by atoms with Gasteiger partial charge in [-0.05, 0) is 55.8 Å². The lowest BCUT2D eigenvalue weighted by molar-refractivity contribution is -0.125. The van der Waals surface area contributed by atoms with Crippen LogP contribution in [0.1, 0.15) is 30.2 Å². The molecule has 1 aromatic carbocycles. The number of carbonyl (C=O) groups is 2. The average molecular weight is 385 g/mol. The molecule has 0 spiro atoms. The number of thiophene rings is 1. The van der Waals surface area contributed by atoms with E-state index in [9.17, 15) is 9.59 Å². The Morgan fingerprint density at radius 1 is 1.37 bits per heavy atom. The van der Waals surface area contributed by atoms with Crippen molar-refractivity contribution in [1.82, 2.24) is 4.90 Å². The number of nitrogens with zero attached hydrogens (tertiary/aromatic N) is 2. The lowest BCUT2D eigenvalue weighted by Gasteiger charge is -2.30. The molecule has 4 rings (SSSR count). The van der Waals surface area contributed by atoms with Crippen molar-refractivity contribution >= 4 is 34.6 Å². The molecule has 0 radical (unpaired) electrons. The van der Waals surface area contributed by atoms with Gasteiger partial charge in [-0.25, -0.2) is 4.79 Å². The summed E-state index contributed by atoms with van der Waals surface area (Å²) in [4.78, 5) is 29.6. The Kier molecular flexibility index (Phi) is 4.55. The third kappa shape index (κ3) is 3.51. The first-order valence-electron chi connectivity index (χ1n) is 9.13. The Morgan fingerprint density at radius 2 is 2.15 bits per heavy atom. The van der Waals surface area contributed by atoms with Crippen molar-refractivity contribution in [3.8, 4) is 5.75 Å². The lowest BCUT2D eigenvalue weighted by atomic mass is 10.2. The highest BCUT2D eigenvalue weighted by molar-refractivity contribution is 7.10. The van der Waals surface area contributed by atoms with E-state index >= 15 is 0 Å². The van der Waals surface area contributed by atoms with Gasteiger partial charge in [-0.15, -0.1) is 11.3 Å². The summed E-state index contributed by atoms with van der Waals surface area (Å²) in [5.41, 5.74) is 2.61. The van der Waals surface area contributed by atoms with Crippen LogP contribution < -0.4 is 15.0 Å². The predicted molar refractivity (Wildman–Crippen MR) is 107 cm³/mol. The highest BCUT2D eigenvalue weighted by Gasteiger charge is 2.34. The molecule has 2 aromatic rings. The van der Waals surface area contributed by atoms with Crippen molar-refractivity contribution in [2.75, 3.05) is 17.3 Å². The maximum atomic E-state index is 12.9. The molecule has 1 atom stereocenters. The standard InChI is InChI=1S/C20H23N3O3S/c1-12-8-9-27-18(12)11-23(15-5-6-15)20(25)21-14-4-7-16-17(10-14)26-13(2)19(24)22(16)3/h4,7-10,13,15H,5-6,11H2,1-3H3,(H,21,25)/t13-/m1/s1. The number of ether oxygens (including phenoxy) is 1. The van der Waals surface area contributed by atoms with Crippen LogP contribution in [0.15, 0.2) is 29.6 Å². The molecule has 0 saturated heterocycles. The molecule has 142 valence electrons. The minimum Gasteiger partial charge on any atom is -0.479 e. The number of fused-ring (bicyclic) bond motifs is 1. The Labute approximate surface area is 162 Å². The predicted octanol–water partition coefficient (Wildman–Crippen LogP) is 4.00. The van der Waals surface area contributed by atoms with Gasteiger partial charge in [-0.1, -0.05) is 0 Å². The van der Waals surface area contributed by atoms with E-state index < -0.39 is 6.10 Å². The van der Waals surface area contributed by atoms with Crippen molar-refractivity contribution in [2.24, 2.45) is 0 Å². The van der Waals surface area contributed by atoms with Crippen molar-refractivity contribution in [3.05, 3.63) is 40.1 Å². The molecule has 2 heterocycles. The van der Waals surface area contributed by atoms with Gasteiger partial charge >= 0.3 is 6.03 Å². The van der Waals surface area contributed by atoms with Crippen LogP contribution in [0.2, 0.25) is 0 Å². The third-order valence-corrected chi connectivity index (χ3v) is 6.09. The van der Waals surface area contributed by atoms with E-state index in [2.05, 4.69) is 23.7 Å². The van der Waals surface area contributed by atoms with Gasteiger partial charge in [0.25, 0.3) is 5.91 Å². The fourth-order valence-corrected chi connectivity index (χ4v) is 4.17. The number of urea groups is 1. The van der Waals surface area contributed by atoms with Gasteiger partial charge in [-0.2, -0.15) is 0 Å². The van der Waals surface area contributed by atoms with E-state index in [0.717, 1.165) is 12.8 Å². The molecular formula is C20H23N3O3S. The number of hydrogen-bond acceptors (Lipinski definition) is 4. The topological polar surface area (TPSA) is 61.9 Å². The first-order valence-corrected chi connectivity index (χ1v) is 10.0. The SMILES string of the molecule is Cc1ccsc1CN(C(=O)Nc1ccc2c(c1)O[C@H](C)C(=O)N2C)C1CC1. The first kappa shape index (κ1) is 17.9. The summed E-state index contributed by atoms with van der Waals surface area (Å²) in [6.07, 6.45) is 1.57. The summed E-state index contributed by atoms with van der Waals surface area (Å²) in [6, 6.07) is 7.69. The molecule has 0 bridgehead atoms. The average Bonchev–Trinajstić information content (AvgIpc) is 3.40. The minimum absolute atomic E-state index is 0.0782. The van der Waals surface area contributed by atoms with Gasteiger partial charge in [0.15, 0.2) is 6.10 Å². The van der Waals surface area contributed by atoms with E-state index in [1.54, 1.807) is 48.4 Å². The third-order valence-electron chi connectivity index (χ3n) is 5.09. The lowest BCUT2D eigenvalue weighted by Crippen LogP contribution is -2.42. The molecule has 1 fully saturated rings. The highest BCUT2D eigenvalue weighted by atomic mass is 32.1. The van der Waals surface area contributed by atoms with E-state index in [4.69, 9.17) is 4.74 Å². The molecule has 0 unspecified atom stereocenters. The number of benzene rings is 1. The fraction of sp³-hybridized carbons (Fsp3) is 0.400. The van der Waals surface area contributed by atoms with E-state index in [0.29, 0.717) is 29.7 Å². The van der Waals surface area contributed by atoms with Gasteiger partial charge in [0.1, 0.15) is 5.75 Å². The van der Waals surface area contributed by atoms with Crippen LogP contribution in [0.3, 0.4) is 0 Å². The fourth-order valence-electron chi connectivity index (χ4n) is 3.26. The van der Waals surface area contributed by atoms with Crippen LogP contribution in [0.5, 0.6) is 5.75 Å². The maximum absolute atomic E-state index is 12.9. The molecule has 1 saturated carbocycles. The quantitative estimate of drug-likeness (QED) is 0.865. The Hall–Kier alpha value is -2.54. The number of carbonyl (C=O) groups excluding carboxylic acids is 2. The van der Waals surface area contributed by atoms with E-state index in [-0.39, 0.29) is 11.9 Å². The second kappa shape index (κ2) is 6.88. The Balaban J connectivity index is 1.51. The largest absolute Gasteiger partial charge is 0.479 e. The Morgan fingerprint density at radius 3 is 2.81 bits per heavy atom. The number of amides is 3. The molecule has 6 nitrogen and oxygen atoms in total.